The van der Waals surface area contributed by atoms with E-state index in [9.17, 15) is 4.79 Å². The molecule has 0 saturated heterocycles. The van der Waals surface area contributed by atoms with Crippen molar-refractivity contribution in [1.82, 2.24) is 10.3 Å². The van der Waals surface area contributed by atoms with E-state index in [1.807, 2.05) is 36.5 Å². The molecular formula is C16H20N2O3. The van der Waals surface area contributed by atoms with Gasteiger partial charge < -0.3 is 19.8 Å². The molecule has 1 heterocycles. The minimum absolute atomic E-state index is 0.000636. The van der Waals surface area contributed by atoms with Gasteiger partial charge in [0.15, 0.2) is 0 Å². The molecule has 1 aromatic heterocycles. The van der Waals surface area contributed by atoms with Crippen LogP contribution in [0, 0.1) is 0 Å². The monoisotopic (exact) mass is 288 g/mol. The van der Waals surface area contributed by atoms with Crippen LogP contribution in [0.2, 0.25) is 0 Å². The Morgan fingerprint density at radius 2 is 2.10 bits per heavy atom. The summed E-state index contributed by atoms with van der Waals surface area (Å²) >= 11 is 0. The van der Waals surface area contributed by atoms with E-state index in [1.54, 1.807) is 14.2 Å². The summed E-state index contributed by atoms with van der Waals surface area (Å²) in [6.45, 7) is 0.559. The molecule has 2 rings (SSSR count). The van der Waals surface area contributed by atoms with Crippen LogP contribution in [0.15, 0.2) is 36.5 Å². The number of ether oxygens (including phenoxy) is 2. The van der Waals surface area contributed by atoms with Crippen LogP contribution in [0.25, 0.3) is 0 Å². The van der Waals surface area contributed by atoms with Gasteiger partial charge in [0, 0.05) is 18.4 Å². The molecule has 0 atom stereocenters. The first-order chi connectivity index (χ1) is 10.2. The van der Waals surface area contributed by atoms with Gasteiger partial charge in [0.25, 0.3) is 0 Å². The second-order valence-electron chi connectivity index (χ2n) is 4.65. The highest BCUT2D eigenvalue weighted by Crippen LogP contribution is 2.24. The van der Waals surface area contributed by atoms with E-state index in [2.05, 4.69) is 10.3 Å². The standard InChI is InChI=1S/C16H20N2O3/c1-20-14-5-6-15(21-2)12(10-14)7-9-18-16(19)11-13-4-3-8-17-13/h3-6,8,10,17H,7,9,11H2,1-2H3,(H,18,19). The lowest BCUT2D eigenvalue weighted by Crippen LogP contribution is -2.27. The highest BCUT2D eigenvalue weighted by Gasteiger charge is 2.07. The van der Waals surface area contributed by atoms with Gasteiger partial charge in [-0.05, 0) is 42.3 Å². The number of H-pyrrole nitrogens is 1. The molecule has 0 aliphatic carbocycles. The predicted octanol–water partition coefficient (Wildman–Crippen LogP) is 1.93. The summed E-state index contributed by atoms with van der Waals surface area (Å²) in [5.74, 6) is 1.58. The van der Waals surface area contributed by atoms with Gasteiger partial charge in [0.1, 0.15) is 11.5 Å². The van der Waals surface area contributed by atoms with Crippen molar-refractivity contribution in [3.63, 3.8) is 0 Å². The molecule has 0 aliphatic rings. The molecule has 0 aliphatic heterocycles. The zero-order chi connectivity index (χ0) is 15.1. The summed E-state index contributed by atoms with van der Waals surface area (Å²) in [4.78, 5) is 14.8. The largest absolute Gasteiger partial charge is 0.497 e. The van der Waals surface area contributed by atoms with Gasteiger partial charge in [-0.3, -0.25) is 4.79 Å². The number of aromatic amines is 1. The number of hydrogen-bond donors (Lipinski definition) is 2. The van der Waals surface area contributed by atoms with Gasteiger partial charge in [0.2, 0.25) is 5.91 Å². The molecule has 2 N–H and O–H groups in total. The maximum absolute atomic E-state index is 11.8. The summed E-state index contributed by atoms with van der Waals surface area (Å²) in [6, 6.07) is 9.42. The van der Waals surface area contributed by atoms with Gasteiger partial charge in [-0.25, -0.2) is 0 Å². The van der Waals surface area contributed by atoms with Gasteiger partial charge in [0.05, 0.1) is 20.6 Å². The Kier molecular flexibility index (Phi) is 5.26. The second-order valence-corrected chi connectivity index (χ2v) is 4.65. The number of methoxy groups -OCH3 is 2. The Balaban J connectivity index is 1.86. The van der Waals surface area contributed by atoms with Crippen LogP contribution < -0.4 is 14.8 Å². The number of benzene rings is 1. The van der Waals surface area contributed by atoms with E-state index in [-0.39, 0.29) is 5.91 Å². The van der Waals surface area contributed by atoms with Crippen molar-refractivity contribution in [1.29, 1.82) is 0 Å². The van der Waals surface area contributed by atoms with Gasteiger partial charge in [-0.15, -0.1) is 0 Å². The van der Waals surface area contributed by atoms with E-state index >= 15 is 0 Å². The van der Waals surface area contributed by atoms with Gasteiger partial charge in [-0.1, -0.05) is 0 Å². The van der Waals surface area contributed by atoms with Crippen molar-refractivity contribution in [2.24, 2.45) is 0 Å². The van der Waals surface area contributed by atoms with Crippen LogP contribution in [-0.4, -0.2) is 31.7 Å². The molecule has 112 valence electrons. The van der Waals surface area contributed by atoms with E-state index in [1.165, 1.54) is 0 Å². The normalized spacial score (nSPS) is 10.2. The number of aromatic nitrogens is 1. The van der Waals surface area contributed by atoms with E-state index in [0.29, 0.717) is 19.4 Å². The summed E-state index contributed by atoms with van der Waals surface area (Å²) in [5, 5.41) is 2.90. The molecule has 0 bridgehead atoms. The maximum atomic E-state index is 11.8. The predicted molar refractivity (Wildman–Crippen MR) is 80.8 cm³/mol. The van der Waals surface area contributed by atoms with Crippen LogP contribution in [0.1, 0.15) is 11.3 Å². The van der Waals surface area contributed by atoms with Crippen molar-refractivity contribution in [2.45, 2.75) is 12.8 Å². The molecule has 0 unspecified atom stereocenters. The van der Waals surface area contributed by atoms with Crippen molar-refractivity contribution >= 4 is 5.91 Å². The van der Waals surface area contributed by atoms with Crippen molar-refractivity contribution in [3.8, 4) is 11.5 Å². The smallest absolute Gasteiger partial charge is 0.225 e. The first kappa shape index (κ1) is 15.0. The summed E-state index contributed by atoms with van der Waals surface area (Å²) in [6.07, 6.45) is 2.86. The molecule has 2 aromatic rings. The number of nitrogens with one attached hydrogen (secondary N) is 2. The number of hydrogen-bond acceptors (Lipinski definition) is 3. The molecule has 1 amide bonds. The van der Waals surface area contributed by atoms with Crippen molar-refractivity contribution in [2.75, 3.05) is 20.8 Å². The third kappa shape index (κ3) is 4.27. The zero-order valence-electron chi connectivity index (χ0n) is 12.3. The summed E-state index contributed by atoms with van der Waals surface area (Å²) in [7, 11) is 3.26. The molecule has 1 aromatic carbocycles. The van der Waals surface area contributed by atoms with Crippen LogP contribution in [0.5, 0.6) is 11.5 Å². The van der Waals surface area contributed by atoms with Gasteiger partial charge >= 0.3 is 0 Å². The van der Waals surface area contributed by atoms with Crippen molar-refractivity contribution < 1.29 is 14.3 Å². The second kappa shape index (κ2) is 7.38. The van der Waals surface area contributed by atoms with E-state index in [0.717, 1.165) is 22.8 Å². The average molecular weight is 288 g/mol. The van der Waals surface area contributed by atoms with Crippen LogP contribution >= 0.6 is 0 Å². The Morgan fingerprint density at radius 3 is 2.76 bits per heavy atom. The molecule has 5 nitrogen and oxygen atoms in total. The first-order valence-corrected chi connectivity index (χ1v) is 6.83. The Hall–Kier alpha value is -2.43. The SMILES string of the molecule is COc1ccc(OC)c(CCNC(=O)Cc2ccc[nH]2)c1. The molecule has 0 fully saturated rings. The Morgan fingerprint density at radius 1 is 1.24 bits per heavy atom. The topological polar surface area (TPSA) is 63.4 Å². The summed E-state index contributed by atoms with van der Waals surface area (Å²) in [5.41, 5.74) is 1.92. The third-order valence-electron chi connectivity index (χ3n) is 3.22. The fourth-order valence-electron chi connectivity index (χ4n) is 2.13. The molecule has 5 heteroatoms. The average Bonchev–Trinajstić information content (AvgIpc) is 3.00. The minimum atomic E-state index is -0.000636. The number of carbonyl (C=O) groups excluding carboxylic acids is 1. The fourth-order valence-corrected chi connectivity index (χ4v) is 2.13. The third-order valence-corrected chi connectivity index (χ3v) is 3.22. The maximum Gasteiger partial charge on any atom is 0.225 e. The number of amides is 1. The Bertz CT molecular complexity index is 579. The van der Waals surface area contributed by atoms with Crippen LogP contribution in [-0.2, 0) is 17.6 Å². The lowest BCUT2D eigenvalue weighted by molar-refractivity contribution is -0.120. The lowest BCUT2D eigenvalue weighted by atomic mass is 10.1. The van der Waals surface area contributed by atoms with Crippen LogP contribution in [0.4, 0.5) is 0 Å². The first-order valence-electron chi connectivity index (χ1n) is 6.83. The van der Waals surface area contributed by atoms with Crippen molar-refractivity contribution in [3.05, 3.63) is 47.8 Å². The number of carbonyl (C=O) groups is 1. The molecule has 0 saturated carbocycles. The highest BCUT2D eigenvalue weighted by atomic mass is 16.5. The molecule has 0 radical (unpaired) electrons. The van der Waals surface area contributed by atoms with E-state index in [4.69, 9.17) is 9.47 Å². The number of rotatable bonds is 7. The minimum Gasteiger partial charge on any atom is -0.497 e. The molecule has 0 spiro atoms. The zero-order valence-corrected chi connectivity index (χ0v) is 12.3. The molecular weight excluding hydrogens is 268 g/mol. The lowest BCUT2D eigenvalue weighted by Gasteiger charge is -2.11. The summed E-state index contributed by atoms with van der Waals surface area (Å²) < 4.78 is 10.5. The highest BCUT2D eigenvalue weighted by molar-refractivity contribution is 5.78. The quantitative estimate of drug-likeness (QED) is 0.818. The van der Waals surface area contributed by atoms with E-state index < -0.39 is 0 Å². The fraction of sp³-hybridized carbons (Fsp3) is 0.312. The van der Waals surface area contributed by atoms with Gasteiger partial charge in [-0.2, -0.15) is 0 Å². The molecule has 21 heavy (non-hydrogen) atoms. The van der Waals surface area contributed by atoms with Crippen LogP contribution in [0.3, 0.4) is 0 Å². The Labute approximate surface area is 124 Å².